The van der Waals surface area contributed by atoms with E-state index in [1.165, 1.54) is 0 Å². The number of anilines is 2. The van der Waals surface area contributed by atoms with Crippen LogP contribution in [0.5, 0.6) is 0 Å². The highest BCUT2D eigenvalue weighted by molar-refractivity contribution is 5.74. The second kappa shape index (κ2) is 7.87. The second-order valence-corrected chi connectivity index (χ2v) is 6.32. The van der Waals surface area contributed by atoms with Crippen LogP contribution < -0.4 is 20.4 Å². The largest absolute Gasteiger partial charge is 0.467 e. The maximum absolute atomic E-state index is 12.1. The zero-order valence-corrected chi connectivity index (χ0v) is 14.6. The Bertz CT molecular complexity index is 688. The summed E-state index contributed by atoms with van der Waals surface area (Å²) >= 11 is 0. The van der Waals surface area contributed by atoms with Crippen LogP contribution in [0.1, 0.15) is 18.6 Å². The number of rotatable bonds is 5. The Morgan fingerprint density at radius 2 is 2.32 bits per heavy atom. The number of amides is 2. The average Bonchev–Trinajstić information content (AvgIpc) is 3.14. The molecule has 1 fully saturated rings. The lowest BCUT2D eigenvalue weighted by molar-refractivity contribution is 0.233. The Hall–Kier alpha value is -2.77. The minimum Gasteiger partial charge on any atom is -0.467 e. The zero-order chi connectivity index (χ0) is 17.6. The smallest absolute Gasteiger partial charge is 0.315 e. The van der Waals surface area contributed by atoms with Gasteiger partial charge in [0.15, 0.2) is 0 Å². The first-order valence-corrected chi connectivity index (χ1v) is 8.43. The van der Waals surface area contributed by atoms with E-state index < -0.39 is 0 Å². The minimum atomic E-state index is -0.181. The van der Waals surface area contributed by atoms with Crippen LogP contribution in [0.3, 0.4) is 0 Å². The molecule has 0 unspecified atom stereocenters. The van der Waals surface area contributed by atoms with Crippen molar-refractivity contribution in [1.29, 1.82) is 0 Å². The second-order valence-electron chi connectivity index (χ2n) is 6.32. The fraction of sp³-hybridized carbons (Fsp3) is 0.471. The standard InChI is InChI=1S/C17H24N6O2/c1-22(2)15-9-16(20-12-19-15)23-7-3-5-13(11-23)21-17(24)18-10-14-6-4-8-25-14/h4,6,8-9,12-13H,3,5,7,10-11H2,1-2H3,(H2,18,21,24)/t13-/m1/s1. The summed E-state index contributed by atoms with van der Waals surface area (Å²) in [4.78, 5) is 24.8. The van der Waals surface area contributed by atoms with Crippen molar-refractivity contribution in [3.05, 3.63) is 36.5 Å². The van der Waals surface area contributed by atoms with Crippen molar-refractivity contribution in [2.75, 3.05) is 37.0 Å². The molecule has 1 aliphatic heterocycles. The van der Waals surface area contributed by atoms with Crippen LogP contribution in [0.2, 0.25) is 0 Å². The molecule has 8 heteroatoms. The lowest BCUT2D eigenvalue weighted by Crippen LogP contribution is -2.50. The number of aromatic nitrogens is 2. The highest BCUT2D eigenvalue weighted by Crippen LogP contribution is 2.20. The molecular weight excluding hydrogens is 320 g/mol. The van der Waals surface area contributed by atoms with Crippen molar-refractivity contribution in [2.45, 2.75) is 25.4 Å². The van der Waals surface area contributed by atoms with Crippen molar-refractivity contribution in [3.8, 4) is 0 Å². The molecule has 2 N–H and O–H groups in total. The normalized spacial score (nSPS) is 17.2. The summed E-state index contributed by atoms with van der Waals surface area (Å²) in [5, 5.41) is 5.85. The summed E-state index contributed by atoms with van der Waals surface area (Å²) in [5.74, 6) is 2.50. The zero-order valence-electron chi connectivity index (χ0n) is 14.6. The molecule has 1 aliphatic rings. The Labute approximate surface area is 147 Å². The van der Waals surface area contributed by atoms with Gasteiger partial charge in [0.05, 0.1) is 12.8 Å². The molecule has 0 radical (unpaired) electrons. The number of urea groups is 1. The van der Waals surface area contributed by atoms with E-state index in [0.717, 1.165) is 43.3 Å². The van der Waals surface area contributed by atoms with E-state index in [1.807, 2.05) is 31.1 Å². The van der Waals surface area contributed by atoms with Gasteiger partial charge in [-0.25, -0.2) is 14.8 Å². The molecule has 8 nitrogen and oxygen atoms in total. The molecule has 1 saturated heterocycles. The number of hydrogen-bond donors (Lipinski definition) is 2. The summed E-state index contributed by atoms with van der Waals surface area (Å²) in [6.45, 7) is 2.04. The first-order chi connectivity index (χ1) is 12.1. The van der Waals surface area contributed by atoms with E-state index in [-0.39, 0.29) is 12.1 Å². The molecule has 0 aromatic carbocycles. The topological polar surface area (TPSA) is 86.5 Å². The van der Waals surface area contributed by atoms with E-state index in [4.69, 9.17) is 4.42 Å². The van der Waals surface area contributed by atoms with Crippen LogP contribution in [-0.2, 0) is 6.54 Å². The predicted octanol–water partition coefficient (Wildman–Crippen LogP) is 1.60. The lowest BCUT2D eigenvalue weighted by atomic mass is 10.1. The molecular formula is C17H24N6O2. The summed E-state index contributed by atoms with van der Waals surface area (Å²) < 4.78 is 5.21. The van der Waals surface area contributed by atoms with Crippen molar-refractivity contribution >= 4 is 17.7 Å². The van der Waals surface area contributed by atoms with Gasteiger partial charge in [-0.2, -0.15) is 0 Å². The van der Waals surface area contributed by atoms with Crippen LogP contribution in [0.15, 0.2) is 35.2 Å². The molecule has 0 spiro atoms. The minimum absolute atomic E-state index is 0.0862. The fourth-order valence-corrected chi connectivity index (χ4v) is 2.87. The summed E-state index contributed by atoms with van der Waals surface area (Å²) in [6, 6.07) is 5.51. The van der Waals surface area contributed by atoms with Crippen LogP contribution in [0.25, 0.3) is 0 Å². The van der Waals surface area contributed by atoms with Crippen LogP contribution >= 0.6 is 0 Å². The predicted molar refractivity (Wildman–Crippen MR) is 95.7 cm³/mol. The number of furan rings is 1. The molecule has 2 amide bonds. The van der Waals surface area contributed by atoms with E-state index in [1.54, 1.807) is 18.7 Å². The number of piperidine rings is 1. The number of hydrogen-bond acceptors (Lipinski definition) is 6. The average molecular weight is 344 g/mol. The first kappa shape index (κ1) is 17.1. The van der Waals surface area contributed by atoms with Crippen LogP contribution in [-0.4, -0.2) is 49.2 Å². The Morgan fingerprint density at radius 3 is 3.08 bits per heavy atom. The third kappa shape index (κ3) is 4.62. The van der Waals surface area contributed by atoms with Gasteiger partial charge in [0, 0.05) is 39.3 Å². The molecule has 0 bridgehead atoms. The van der Waals surface area contributed by atoms with Crippen molar-refractivity contribution in [2.24, 2.45) is 0 Å². The van der Waals surface area contributed by atoms with Gasteiger partial charge in [0.1, 0.15) is 23.7 Å². The van der Waals surface area contributed by atoms with Gasteiger partial charge in [0.25, 0.3) is 0 Å². The summed E-state index contributed by atoms with van der Waals surface area (Å²) in [6.07, 6.45) is 5.14. The molecule has 3 rings (SSSR count). The third-order valence-electron chi connectivity index (χ3n) is 4.18. The van der Waals surface area contributed by atoms with Crippen LogP contribution in [0, 0.1) is 0 Å². The molecule has 2 aromatic heterocycles. The summed E-state index contributed by atoms with van der Waals surface area (Å²) in [7, 11) is 3.91. The Kier molecular flexibility index (Phi) is 5.37. The van der Waals surface area contributed by atoms with E-state index in [2.05, 4.69) is 25.5 Å². The molecule has 1 atom stereocenters. The number of carbonyl (C=O) groups excluding carboxylic acids is 1. The van der Waals surface area contributed by atoms with Gasteiger partial charge in [0.2, 0.25) is 0 Å². The monoisotopic (exact) mass is 344 g/mol. The van der Waals surface area contributed by atoms with Crippen molar-refractivity contribution in [1.82, 2.24) is 20.6 Å². The van der Waals surface area contributed by atoms with Gasteiger partial charge in [-0.05, 0) is 25.0 Å². The van der Waals surface area contributed by atoms with Crippen molar-refractivity contribution in [3.63, 3.8) is 0 Å². The Balaban J connectivity index is 1.54. The quantitative estimate of drug-likeness (QED) is 0.857. The molecule has 25 heavy (non-hydrogen) atoms. The number of nitrogens with one attached hydrogen (secondary N) is 2. The van der Waals surface area contributed by atoms with Gasteiger partial charge < -0.3 is 24.9 Å². The number of nitrogens with zero attached hydrogens (tertiary/aromatic N) is 4. The van der Waals surface area contributed by atoms with E-state index in [0.29, 0.717) is 6.54 Å². The Morgan fingerprint density at radius 1 is 1.44 bits per heavy atom. The highest BCUT2D eigenvalue weighted by atomic mass is 16.3. The van der Waals surface area contributed by atoms with Gasteiger partial charge in [-0.15, -0.1) is 0 Å². The van der Waals surface area contributed by atoms with Gasteiger partial charge in [-0.1, -0.05) is 0 Å². The van der Waals surface area contributed by atoms with Crippen molar-refractivity contribution < 1.29 is 9.21 Å². The summed E-state index contributed by atoms with van der Waals surface area (Å²) in [5.41, 5.74) is 0. The fourth-order valence-electron chi connectivity index (χ4n) is 2.87. The maximum atomic E-state index is 12.1. The lowest BCUT2D eigenvalue weighted by Gasteiger charge is -2.34. The molecule has 0 aliphatic carbocycles. The SMILES string of the molecule is CN(C)c1cc(N2CCC[C@@H](NC(=O)NCc3ccco3)C2)ncn1. The molecule has 134 valence electrons. The first-order valence-electron chi connectivity index (χ1n) is 8.43. The molecule has 2 aromatic rings. The maximum Gasteiger partial charge on any atom is 0.315 e. The van der Waals surface area contributed by atoms with Crippen LogP contribution in [0.4, 0.5) is 16.4 Å². The highest BCUT2D eigenvalue weighted by Gasteiger charge is 2.22. The molecule has 3 heterocycles. The van der Waals surface area contributed by atoms with E-state index >= 15 is 0 Å². The van der Waals surface area contributed by atoms with Gasteiger partial charge in [-0.3, -0.25) is 0 Å². The third-order valence-corrected chi connectivity index (χ3v) is 4.18. The molecule has 0 saturated carbocycles. The number of carbonyl (C=O) groups is 1. The van der Waals surface area contributed by atoms with Gasteiger partial charge >= 0.3 is 6.03 Å². The van der Waals surface area contributed by atoms with E-state index in [9.17, 15) is 4.79 Å².